The molecule has 1 aromatic heterocycles. The van der Waals surface area contributed by atoms with E-state index in [4.69, 9.17) is 4.74 Å². The lowest BCUT2D eigenvalue weighted by Crippen LogP contribution is -2.38. The number of nitrogens with zero attached hydrogens (tertiary/aromatic N) is 3. The van der Waals surface area contributed by atoms with Crippen molar-refractivity contribution in [3.63, 3.8) is 0 Å². The summed E-state index contributed by atoms with van der Waals surface area (Å²) < 4.78 is 28.3. The van der Waals surface area contributed by atoms with Gasteiger partial charge in [-0.05, 0) is 30.7 Å². The minimum Gasteiger partial charge on any atom is -0.497 e. The van der Waals surface area contributed by atoms with Crippen LogP contribution in [0.1, 0.15) is 16.9 Å². The van der Waals surface area contributed by atoms with Gasteiger partial charge in [-0.25, -0.2) is 8.42 Å². The summed E-state index contributed by atoms with van der Waals surface area (Å²) in [6, 6.07) is 10.3. The summed E-state index contributed by atoms with van der Waals surface area (Å²) in [6.07, 6.45) is 0.452. The Hall–Kier alpha value is -2.68. The Kier molecular flexibility index (Phi) is 5.08. The molecule has 26 heavy (non-hydrogen) atoms. The Labute approximate surface area is 152 Å². The molecule has 0 radical (unpaired) electrons. The van der Waals surface area contributed by atoms with Gasteiger partial charge in [-0.1, -0.05) is 6.07 Å². The number of hydrogen-bond acceptors (Lipinski definition) is 7. The van der Waals surface area contributed by atoms with Crippen molar-refractivity contribution in [1.29, 1.82) is 0 Å². The molecule has 3 rings (SSSR count). The zero-order valence-electron chi connectivity index (χ0n) is 14.5. The highest BCUT2D eigenvalue weighted by Crippen LogP contribution is 2.21. The number of amides is 1. The summed E-state index contributed by atoms with van der Waals surface area (Å²) >= 11 is 0. The van der Waals surface area contributed by atoms with E-state index in [1.165, 1.54) is 4.90 Å². The molecule has 0 spiro atoms. The molecular formula is C17H20N4O4S. The van der Waals surface area contributed by atoms with Gasteiger partial charge in [-0.15, -0.1) is 10.2 Å². The Morgan fingerprint density at radius 2 is 2.08 bits per heavy atom. The fourth-order valence-electron chi connectivity index (χ4n) is 2.79. The third-order valence-electron chi connectivity index (χ3n) is 4.30. The molecule has 1 amide bonds. The van der Waals surface area contributed by atoms with Crippen LogP contribution in [0.5, 0.6) is 5.75 Å². The molecule has 1 N–H and O–H groups in total. The van der Waals surface area contributed by atoms with Gasteiger partial charge in [-0.2, -0.15) is 0 Å². The van der Waals surface area contributed by atoms with Gasteiger partial charge in [0.05, 0.1) is 18.6 Å². The molecule has 1 saturated heterocycles. The maximum atomic E-state index is 12.5. The lowest BCUT2D eigenvalue weighted by Gasteiger charge is -2.22. The number of hydrogen-bond donors (Lipinski definition) is 1. The average Bonchev–Trinajstić information content (AvgIpc) is 3.01. The number of carbonyl (C=O) groups is 1. The smallest absolute Gasteiger partial charge is 0.274 e. The minimum absolute atomic E-state index is 0.00184. The van der Waals surface area contributed by atoms with Crippen LogP contribution in [0.15, 0.2) is 36.4 Å². The van der Waals surface area contributed by atoms with Crippen molar-refractivity contribution < 1.29 is 17.9 Å². The highest BCUT2D eigenvalue weighted by Gasteiger charge is 2.33. The van der Waals surface area contributed by atoms with Crippen LogP contribution in [0.25, 0.3) is 0 Å². The van der Waals surface area contributed by atoms with Crippen molar-refractivity contribution in [2.75, 3.05) is 31.0 Å². The Morgan fingerprint density at radius 3 is 2.69 bits per heavy atom. The van der Waals surface area contributed by atoms with E-state index in [0.29, 0.717) is 18.0 Å². The third-order valence-corrected chi connectivity index (χ3v) is 6.05. The molecule has 1 atom stereocenters. The zero-order chi connectivity index (χ0) is 18.7. The molecule has 1 aliphatic rings. The van der Waals surface area contributed by atoms with E-state index in [9.17, 15) is 13.2 Å². The van der Waals surface area contributed by atoms with Gasteiger partial charge in [0.1, 0.15) is 5.75 Å². The molecule has 0 aliphatic carbocycles. The van der Waals surface area contributed by atoms with Crippen LogP contribution < -0.4 is 10.1 Å². The topological polar surface area (TPSA) is 101 Å². The first-order valence-electron chi connectivity index (χ1n) is 8.10. The first-order chi connectivity index (χ1) is 12.4. The summed E-state index contributed by atoms with van der Waals surface area (Å²) in [5.74, 6) is 0.971. The summed E-state index contributed by atoms with van der Waals surface area (Å²) in [6.45, 7) is 0. The highest BCUT2D eigenvalue weighted by atomic mass is 32.2. The van der Waals surface area contributed by atoms with Crippen molar-refractivity contribution in [2.45, 2.75) is 12.5 Å². The number of sulfone groups is 1. The summed E-state index contributed by atoms with van der Waals surface area (Å²) in [5, 5.41) is 11.1. The second-order valence-corrected chi connectivity index (χ2v) is 8.36. The molecule has 9 heteroatoms. The zero-order valence-corrected chi connectivity index (χ0v) is 15.4. The number of anilines is 2. The van der Waals surface area contributed by atoms with E-state index in [2.05, 4.69) is 15.5 Å². The number of carbonyl (C=O) groups excluding carboxylic acids is 1. The van der Waals surface area contributed by atoms with Crippen LogP contribution in [0.2, 0.25) is 0 Å². The van der Waals surface area contributed by atoms with E-state index in [0.717, 1.165) is 5.69 Å². The van der Waals surface area contributed by atoms with Crippen LogP contribution >= 0.6 is 0 Å². The van der Waals surface area contributed by atoms with E-state index in [1.807, 2.05) is 24.3 Å². The van der Waals surface area contributed by atoms with Crippen molar-refractivity contribution >= 4 is 27.2 Å². The lowest BCUT2D eigenvalue weighted by atomic mass is 10.2. The van der Waals surface area contributed by atoms with E-state index < -0.39 is 9.84 Å². The Morgan fingerprint density at radius 1 is 1.27 bits per heavy atom. The molecule has 1 fully saturated rings. The summed E-state index contributed by atoms with van der Waals surface area (Å²) in [4.78, 5) is 13.9. The van der Waals surface area contributed by atoms with Crippen molar-refractivity contribution in [2.24, 2.45) is 0 Å². The number of aromatic nitrogens is 2. The second kappa shape index (κ2) is 7.28. The molecule has 1 aromatic carbocycles. The van der Waals surface area contributed by atoms with Crippen molar-refractivity contribution in [1.82, 2.24) is 15.1 Å². The molecule has 138 valence electrons. The first-order valence-corrected chi connectivity index (χ1v) is 9.92. The fraction of sp³-hybridized carbons (Fsp3) is 0.353. The largest absolute Gasteiger partial charge is 0.497 e. The molecular weight excluding hydrogens is 356 g/mol. The van der Waals surface area contributed by atoms with Gasteiger partial charge in [0.15, 0.2) is 21.3 Å². The molecule has 2 heterocycles. The van der Waals surface area contributed by atoms with Gasteiger partial charge in [-0.3, -0.25) is 4.79 Å². The predicted molar refractivity (Wildman–Crippen MR) is 97.5 cm³/mol. The van der Waals surface area contributed by atoms with E-state index >= 15 is 0 Å². The number of benzene rings is 1. The van der Waals surface area contributed by atoms with E-state index in [1.54, 1.807) is 26.3 Å². The SMILES string of the molecule is COc1cccc(Nc2ccc(C(=O)N(C)C3CCS(=O)(=O)C3)nn2)c1. The van der Waals surface area contributed by atoms with Crippen LogP contribution in [0.3, 0.4) is 0 Å². The van der Waals surface area contributed by atoms with Gasteiger partial charge in [0, 0.05) is 24.8 Å². The van der Waals surface area contributed by atoms with Crippen molar-refractivity contribution in [3.8, 4) is 5.75 Å². The Balaban J connectivity index is 1.67. The standard InChI is InChI=1S/C17H20N4O4S/c1-21(13-8-9-26(23,24)11-13)17(22)15-6-7-16(20-19-15)18-12-4-3-5-14(10-12)25-2/h3-7,10,13H,8-9,11H2,1-2H3,(H,18,20). The molecule has 2 aromatic rings. The van der Waals surface area contributed by atoms with Gasteiger partial charge < -0.3 is 15.0 Å². The third kappa shape index (κ3) is 4.10. The predicted octanol–water partition coefficient (Wildman–Crippen LogP) is 1.49. The Bertz CT molecular complexity index is 899. The lowest BCUT2D eigenvalue weighted by molar-refractivity contribution is 0.0740. The van der Waals surface area contributed by atoms with Crippen LogP contribution in [-0.4, -0.2) is 61.1 Å². The summed E-state index contributed by atoms with van der Waals surface area (Å²) in [5.41, 5.74) is 0.957. The first kappa shape index (κ1) is 18.1. The normalized spacial score (nSPS) is 18.3. The molecule has 0 bridgehead atoms. The fourth-order valence-corrected chi connectivity index (χ4v) is 4.56. The molecule has 8 nitrogen and oxygen atoms in total. The maximum absolute atomic E-state index is 12.5. The molecule has 0 saturated carbocycles. The van der Waals surface area contributed by atoms with Crippen LogP contribution in [-0.2, 0) is 9.84 Å². The number of rotatable bonds is 5. The second-order valence-electron chi connectivity index (χ2n) is 6.13. The van der Waals surface area contributed by atoms with Crippen LogP contribution in [0, 0.1) is 0 Å². The minimum atomic E-state index is -3.05. The van der Waals surface area contributed by atoms with Gasteiger partial charge in [0.25, 0.3) is 5.91 Å². The average molecular weight is 376 g/mol. The monoisotopic (exact) mass is 376 g/mol. The quantitative estimate of drug-likeness (QED) is 0.843. The number of ether oxygens (including phenoxy) is 1. The maximum Gasteiger partial charge on any atom is 0.274 e. The van der Waals surface area contributed by atoms with E-state index in [-0.39, 0.29) is 29.1 Å². The van der Waals surface area contributed by atoms with Gasteiger partial charge >= 0.3 is 0 Å². The highest BCUT2D eigenvalue weighted by molar-refractivity contribution is 7.91. The van der Waals surface area contributed by atoms with Gasteiger partial charge in [0.2, 0.25) is 0 Å². The number of nitrogens with one attached hydrogen (secondary N) is 1. The number of methoxy groups -OCH3 is 1. The van der Waals surface area contributed by atoms with Crippen LogP contribution in [0.4, 0.5) is 11.5 Å². The molecule has 1 aliphatic heterocycles. The summed E-state index contributed by atoms with van der Waals surface area (Å²) in [7, 11) is 0.130. The van der Waals surface area contributed by atoms with Crippen molar-refractivity contribution in [3.05, 3.63) is 42.1 Å². The molecule has 1 unspecified atom stereocenters.